The second-order valence-corrected chi connectivity index (χ2v) is 3.52. The molecule has 0 aromatic carbocycles. The van der Waals surface area contributed by atoms with E-state index in [-0.39, 0.29) is 12.1 Å². The Morgan fingerprint density at radius 2 is 2.31 bits per heavy atom. The van der Waals surface area contributed by atoms with Gasteiger partial charge in [-0.25, -0.2) is 0 Å². The van der Waals surface area contributed by atoms with Crippen molar-refractivity contribution in [2.45, 2.75) is 38.4 Å². The van der Waals surface area contributed by atoms with Crippen LogP contribution in [0.25, 0.3) is 0 Å². The van der Waals surface area contributed by atoms with E-state index in [4.69, 9.17) is 4.74 Å². The van der Waals surface area contributed by atoms with Crippen LogP contribution in [0.3, 0.4) is 0 Å². The van der Waals surface area contributed by atoms with Gasteiger partial charge in [0, 0.05) is 6.92 Å². The molecule has 3 unspecified atom stereocenters. The number of rotatable bonds is 2. The van der Waals surface area contributed by atoms with Crippen LogP contribution >= 0.6 is 0 Å². The highest BCUT2D eigenvalue weighted by Crippen LogP contribution is 2.27. The van der Waals surface area contributed by atoms with Gasteiger partial charge in [-0.15, -0.1) is 6.58 Å². The third kappa shape index (κ3) is 2.84. The normalized spacial score (nSPS) is 33.8. The minimum Gasteiger partial charge on any atom is -0.460 e. The number of hydrogen-bond acceptors (Lipinski definition) is 3. The molecule has 1 rings (SSSR count). The first-order valence-electron chi connectivity index (χ1n) is 4.61. The first-order chi connectivity index (χ1) is 6.13. The van der Waals surface area contributed by atoms with Crippen LogP contribution in [-0.4, -0.2) is 23.3 Å². The number of carbonyl (C=O) groups excluding carboxylic acids is 1. The van der Waals surface area contributed by atoms with Gasteiger partial charge in [0.15, 0.2) is 0 Å². The van der Waals surface area contributed by atoms with Gasteiger partial charge >= 0.3 is 5.97 Å². The van der Waals surface area contributed by atoms with Crippen LogP contribution in [0.15, 0.2) is 12.7 Å². The van der Waals surface area contributed by atoms with E-state index in [1.165, 1.54) is 6.92 Å². The van der Waals surface area contributed by atoms with Crippen LogP contribution in [0.1, 0.15) is 26.2 Å². The first-order valence-corrected chi connectivity index (χ1v) is 4.61. The molecule has 0 aromatic heterocycles. The molecule has 0 radical (unpaired) electrons. The molecule has 1 N–H and O–H groups in total. The lowest BCUT2D eigenvalue weighted by Crippen LogP contribution is -2.36. The first kappa shape index (κ1) is 10.3. The van der Waals surface area contributed by atoms with E-state index >= 15 is 0 Å². The van der Waals surface area contributed by atoms with Crippen LogP contribution in [0.2, 0.25) is 0 Å². The van der Waals surface area contributed by atoms with Crippen LogP contribution in [0, 0.1) is 5.92 Å². The highest BCUT2D eigenvalue weighted by Gasteiger charge is 2.29. The Hall–Kier alpha value is -0.830. The number of ether oxygens (including phenoxy) is 1. The van der Waals surface area contributed by atoms with Crippen molar-refractivity contribution in [1.29, 1.82) is 0 Å². The van der Waals surface area contributed by atoms with E-state index in [0.29, 0.717) is 12.3 Å². The standard InChI is InChI=1S/C10H16O3/c1-3-8-4-5-10(9(12)6-8)13-7(2)11/h3,8-10,12H,1,4-6H2,2H3. The van der Waals surface area contributed by atoms with Gasteiger partial charge in [-0.05, 0) is 25.2 Å². The summed E-state index contributed by atoms with van der Waals surface area (Å²) in [6.07, 6.45) is 3.35. The summed E-state index contributed by atoms with van der Waals surface area (Å²) in [4.78, 5) is 10.7. The largest absolute Gasteiger partial charge is 0.460 e. The molecule has 1 fully saturated rings. The lowest BCUT2D eigenvalue weighted by molar-refractivity contribution is -0.155. The van der Waals surface area contributed by atoms with Gasteiger partial charge in [0.2, 0.25) is 0 Å². The number of aliphatic hydroxyl groups is 1. The average Bonchev–Trinajstić information content (AvgIpc) is 2.08. The highest BCUT2D eigenvalue weighted by molar-refractivity contribution is 5.66. The minimum absolute atomic E-state index is 0.311. The predicted molar refractivity (Wildman–Crippen MR) is 49.1 cm³/mol. The Morgan fingerprint density at radius 3 is 2.77 bits per heavy atom. The molecule has 0 heterocycles. The fourth-order valence-electron chi connectivity index (χ4n) is 1.72. The molecule has 0 saturated heterocycles. The Labute approximate surface area is 78.4 Å². The molecule has 3 atom stereocenters. The molecule has 3 heteroatoms. The number of hydrogen-bond donors (Lipinski definition) is 1. The zero-order valence-corrected chi connectivity index (χ0v) is 7.90. The number of carbonyl (C=O) groups is 1. The van der Waals surface area contributed by atoms with E-state index in [9.17, 15) is 9.90 Å². The number of allylic oxidation sites excluding steroid dienone is 1. The van der Waals surface area contributed by atoms with Gasteiger partial charge < -0.3 is 9.84 Å². The van der Waals surface area contributed by atoms with Gasteiger partial charge in [0.1, 0.15) is 6.10 Å². The van der Waals surface area contributed by atoms with Crippen LogP contribution in [0.5, 0.6) is 0 Å². The topological polar surface area (TPSA) is 46.5 Å². The van der Waals surface area contributed by atoms with Crippen molar-refractivity contribution in [3.63, 3.8) is 0 Å². The lowest BCUT2D eigenvalue weighted by Gasteiger charge is -2.30. The summed E-state index contributed by atoms with van der Waals surface area (Å²) in [6.45, 7) is 5.05. The van der Waals surface area contributed by atoms with E-state index < -0.39 is 6.10 Å². The van der Waals surface area contributed by atoms with Crippen molar-refractivity contribution >= 4 is 5.97 Å². The second kappa shape index (κ2) is 4.42. The molecule has 3 nitrogen and oxygen atoms in total. The smallest absolute Gasteiger partial charge is 0.302 e. The maximum atomic E-state index is 10.7. The van der Waals surface area contributed by atoms with E-state index in [2.05, 4.69) is 6.58 Å². The summed E-state index contributed by atoms with van der Waals surface area (Å²) in [7, 11) is 0. The van der Waals surface area contributed by atoms with Crippen molar-refractivity contribution in [3.8, 4) is 0 Å². The highest BCUT2D eigenvalue weighted by atomic mass is 16.6. The van der Waals surface area contributed by atoms with Gasteiger partial charge in [0.05, 0.1) is 6.10 Å². The Kier molecular flexibility index (Phi) is 3.48. The molecule has 0 amide bonds. The quantitative estimate of drug-likeness (QED) is 0.519. The summed E-state index contributed by atoms with van der Waals surface area (Å²) in [5.41, 5.74) is 0. The van der Waals surface area contributed by atoms with Crippen LogP contribution in [-0.2, 0) is 9.53 Å². The third-order valence-electron chi connectivity index (χ3n) is 2.45. The van der Waals surface area contributed by atoms with Gasteiger partial charge in [-0.2, -0.15) is 0 Å². The summed E-state index contributed by atoms with van der Waals surface area (Å²) < 4.78 is 4.97. The summed E-state index contributed by atoms with van der Waals surface area (Å²) >= 11 is 0. The second-order valence-electron chi connectivity index (χ2n) is 3.52. The van der Waals surface area contributed by atoms with Gasteiger partial charge in [0.25, 0.3) is 0 Å². The molecule has 1 aliphatic carbocycles. The molecule has 0 spiro atoms. The molecule has 0 aromatic rings. The molecule has 0 aliphatic heterocycles. The molecular formula is C10H16O3. The molecule has 1 saturated carbocycles. The fourth-order valence-corrected chi connectivity index (χ4v) is 1.72. The minimum atomic E-state index is -0.527. The maximum absolute atomic E-state index is 10.7. The van der Waals surface area contributed by atoms with Crippen molar-refractivity contribution < 1.29 is 14.6 Å². The van der Waals surface area contributed by atoms with Gasteiger partial charge in [-0.3, -0.25) is 4.79 Å². The van der Waals surface area contributed by atoms with Gasteiger partial charge in [-0.1, -0.05) is 6.08 Å². The fraction of sp³-hybridized carbons (Fsp3) is 0.700. The molecular weight excluding hydrogens is 168 g/mol. The molecule has 0 bridgehead atoms. The van der Waals surface area contributed by atoms with Crippen molar-refractivity contribution in [3.05, 3.63) is 12.7 Å². The Balaban J connectivity index is 2.43. The van der Waals surface area contributed by atoms with E-state index in [0.717, 1.165) is 12.8 Å². The zero-order chi connectivity index (χ0) is 9.84. The van der Waals surface area contributed by atoms with E-state index in [1.807, 2.05) is 6.08 Å². The lowest BCUT2D eigenvalue weighted by atomic mass is 9.85. The van der Waals surface area contributed by atoms with Crippen LogP contribution < -0.4 is 0 Å². The molecule has 1 aliphatic rings. The van der Waals surface area contributed by atoms with Crippen LogP contribution in [0.4, 0.5) is 0 Å². The van der Waals surface area contributed by atoms with Crippen molar-refractivity contribution in [1.82, 2.24) is 0 Å². The summed E-state index contributed by atoms with van der Waals surface area (Å²) in [5, 5.41) is 9.59. The van der Waals surface area contributed by atoms with Crippen molar-refractivity contribution in [2.75, 3.05) is 0 Å². The molecule has 13 heavy (non-hydrogen) atoms. The number of aliphatic hydroxyl groups excluding tert-OH is 1. The van der Waals surface area contributed by atoms with Crippen molar-refractivity contribution in [2.24, 2.45) is 5.92 Å². The Bertz CT molecular complexity index is 200. The van der Waals surface area contributed by atoms with E-state index in [1.54, 1.807) is 0 Å². The Morgan fingerprint density at radius 1 is 1.62 bits per heavy atom. The summed E-state index contributed by atoms with van der Waals surface area (Å²) in [6, 6.07) is 0. The average molecular weight is 184 g/mol. The monoisotopic (exact) mass is 184 g/mol. The predicted octanol–water partition coefficient (Wildman–Crippen LogP) is 1.27. The summed E-state index contributed by atoms with van der Waals surface area (Å²) in [5.74, 6) is 0.0444. The third-order valence-corrected chi connectivity index (χ3v) is 2.45. The maximum Gasteiger partial charge on any atom is 0.302 e. The number of esters is 1. The zero-order valence-electron chi connectivity index (χ0n) is 7.90. The SMILES string of the molecule is C=CC1CCC(OC(C)=O)C(O)C1. The molecule has 74 valence electrons.